The summed E-state index contributed by atoms with van der Waals surface area (Å²) in [6.45, 7) is 4.73. The second-order valence-corrected chi connectivity index (χ2v) is 6.24. The minimum atomic E-state index is -0.288. The number of hydrogen-bond donors (Lipinski definition) is 1. The van der Waals surface area contributed by atoms with Crippen LogP contribution in [0.1, 0.15) is 30.1 Å². The summed E-state index contributed by atoms with van der Waals surface area (Å²) in [4.78, 5) is 5.17. The van der Waals surface area contributed by atoms with Crippen molar-refractivity contribution in [2.24, 2.45) is 0 Å². The topological polar surface area (TPSA) is 26.7 Å². The molecular formula is C16H22N2O. The van der Waals surface area contributed by atoms with Gasteiger partial charge in [-0.15, -0.1) is 0 Å². The maximum absolute atomic E-state index is 10.6. The van der Waals surface area contributed by atoms with Crippen LogP contribution in [0.5, 0.6) is 0 Å². The van der Waals surface area contributed by atoms with Crippen LogP contribution >= 0.6 is 0 Å². The molecule has 1 aliphatic carbocycles. The number of piperazine rings is 1. The van der Waals surface area contributed by atoms with Gasteiger partial charge in [0.1, 0.15) is 0 Å². The fourth-order valence-corrected chi connectivity index (χ4v) is 4.20. The largest absolute Gasteiger partial charge is 0.387 e. The Morgan fingerprint density at radius 1 is 1.05 bits per heavy atom. The molecule has 1 aromatic rings. The van der Waals surface area contributed by atoms with Gasteiger partial charge < -0.3 is 5.11 Å². The fourth-order valence-electron chi connectivity index (χ4n) is 4.20. The average Bonchev–Trinajstić information content (AvgIpc) is 3.03. The average molecular weight is 258 g/mol. The summed E-state index contributed by atoms with van der Waals surface area (Å²) in [5.74, 6) is 0. The highest BCUT2D eigenvalue weighted by molar-refractivity contribution is 5.36. The van der Waals surface area contributed by atoms with Crippen molar-refractivity contribution in [3.63, 3.8) is 0 Å². The summed E-state index contributed by atoms with van der Waals surface area (Å²) in [5, 5.41) is 10.6. The smallest absolute Gasteiger partial charge is 0.0951 e. The van der Waals surface area contributed by atoms with Gasteiger partial charge in [0.05, 0.1) is 6.10 Å². The first-order valence-corrected chi connectivity index (χ1v) is 7.57. The molecule has 2 aliphatic heterocycles. The van der Waals surface area contributed by atoms with Crippen molar-refractivity contribution in [2.75, 3.05) is 26.2 Å². The van der Waals surface area contributed by atoms with Gasteiger partial charge in [0.15, 0.2) is 0 Å². The van der Waals surface area contributed by atoms with Crippen molar-refractivity contribution >= 4 is 0 Å². The molecule has 1 N–H and O–H groups in total. The predicted molar refractivity (Wildman–Crippen MR) is 75.1 cm³/mol. The Kier molecular flexibility index (Phi) is 2.87. The van der Waals surface area contributed by atoms with Gasteiger partial charge in [-0.3, -0.25) is 9.80 Å². The van der Waals surface area contributed by atoms with Crippen LogP contribution in [0.15, 0.2) is 24.3 Å². The normalized spacial score (nSPS) is 35.3. The van der Waals surface area contributed by atoms with Crippen LogP contribution in [-0.4, -0.2) is 53.2 Å². The van der Waals surface area contributed by atoms with Crippen molar-refractivity contribution in [2.45, 2.75) is 37.5 Å². The Balaban J connectivity index is 1.52. The van der Waals surface area contributed by atoms with Crippen molar-refractivity contribution in [3.8, 4) is 0 Å². The van der Waals surface area contributed by atoms with E-state index < -0.39 is 0 Å². The molecule has 3 nitrogen and oxygen atoms in total. The van der Waals surface area contributed by atoms with Crippen LogP contribution in [0.25, 0.3) is 0 Å². The number of rotatable bonds is 1. The van der Waals surface area contributed by atoms with Crippen LogP contribution in [0.3, 0.4) is 0 Å². The zero-order valence-corrected chi connectivity index (χ0v) is 11.3. The van der Waals surface area contributed by atoms with Crippen LogP contribution in [0, 0.1) is 0 Å². The molecule has 2 saturated heterocycles. The molecule has 3 unspecified atom stereocenters. The zero-order valence-electron chi connectivity index (χ0n) is 11.3. The number of benzene rings is 1. The van der Waals surface area contributed by atoms with E-state index in [1.54, 1.807) is 0 Å². The maximum Gasteiger partial charge on any atom is 0.0951 e. The van der Waals surface area contributed by atoms with Crippen molar-refractivity contribution in [1.29, 1.82) is 0 Å². The lowest BCUT2D eigenvalue weighted by molar-refractivity contribution is 0.0145. The monoisotopic (exact) mass is 258 g/mol. The van der Waals surface area contributed by atoms with Gasteiger partial charge in [-0.05, 0) is 36.9 Å². The third kappa shape index (κ3) is 1.92. The molecule has 1 aromatic carbocycles. The molecule has 0 bridgehead atoms. The molecule has 0 aromatic heterocycles. The minimum absolute atomic E-state index is 0.288. The van der Waals surface area contributed by atoms with Gasteiger partial charge in [-0.1, -0.05) is 24.3 Å². The Bertz CT molecular complexity index is 476. The highest BCUT2D eigenvalue weighted by Gasteiger charge is 2.39. The summed E-state index contributed by atoms with van der Waals surface area (Å²) in [5.41, 5.74) is 2.50. The number of aliphatic hydroxyl groups excluding tert-OH is 1. The second kappa shape index (κ2) is 4.58. The van der Waals surface area contributed by atoms with E-state index in [0.29, 0.717) is 6.04 Å². The number of nitrogens with zero attached hydrogens (tertiary/aromatic N) is 2. The minimum Gasteiger partial charge on any atom is -0.387 e. The summed E-state index contributed by atoms with van der Waals surface area (Å²) in [7, 11) is 0. The van der Waals surface area contributed by atoms with Gasteiger partial charge in [0.2, 0.25) is 0 Å². The third-order valence-corrected chi connectivity index (χ3v) is 5.26. The van der Waals surface area contributed by atoms with E-state index in [1.807, 2.05) is 6.07 Å². The summed E-state index contributed by atoms with van der Waals surface area (Å²) in [6, 6.07) is 9.43. The van der Waals surface area contributed by atoms with Crippen LogP contribution < -0.4 is 0 Å². The Morgan fingerprint density at radius 2 is 1.89 bits per heavy atom. The van der Waals surface area contributed by atoms with E-state index in [2.05, 4.69) is 28.0 Å². The quantitative estimate of drug-likeness (QED) is 0.825. The molecule has 102 valence electrons. The standard InChI is InChI=1S/C16H22N2O/c19-16-14-6-2-1-4-12(14)10-15(16)18-9-8-17-7-3-5-13(17)11-18/h1-2,4,6,13,15-16,19H,3,5,7-11H2. The van der Waals surface area contributed by atoms with Crippen LogP contribution in [-0.2, 0) is 6.42 Å². The first kappa shape index (κ1) is 11.9. The Labute approximate surface area is 114 Å². The lowest BCUT2D eigenvalue weighted by Gasteiger charge is -2.41. The maximum atomic E-state index is 10.6. The van der Waals surface area contributed by atoms with Crippen molar-refractivity contribution < 1.29 is 5.11 Å². The molecule has 0 saturated carbocycles. The van der Waals surface area contributed by atoms with E-state index in [0.717, 1.165) is 31.1 Å². The van der Waals surface area contributed by atoms with Crippen molar-refractivity contribution in [3.05, 3.63) is 35.4 Å². The summed E-state index contributed by atoms with van der Waals surface area (Å²) >= 11 is 0. The molecule has 3 aliphatic rings. The molecule has 0 radical (unpaired) electrons. The van der Waals surface area contributed by atoms with Crippen LogP contribution in [0.2, 0.25) is 0 Å². The molecule has 3 heteroatoms. The molecular weight excluding hydrogens is 236 g/mol. The molecule has 0 spiro atoms. The molecule has 2 fully saturated rings. The summed E-state index contributed by atoms with van der Waals surface area (Å²) < 4.78 is 0. The molecule has 4 rings (SSSR count). The predicted octanol–water partition coefficient (Wildman–Crippen LogP) is 1.42. The Morgan fingerprint density at radius 3 is 2.79 bits per heavy atom. The molecule has 19 heavy (non-hydrogen) atoms. The number of hydrogen-bond acceptors (Lipinski definition) is 3. The van der Waals surface area contributed by atoms with Gasteiger partial charge in [0, 0.05) is 31.7 Å². The van der Waals surface area contributed by atoms with Gasteiger partial charge in [-0.2, -0.15) is 0 Å². The number of fused-ring (bicyclic) bond motifs is 2. The van der Waals surface area contributed by atoms with Gasteiger partial charge >= 0.3 is 0 Å². The first-order chi connectivity index (χ1) is 9.33. The Hall–Kier alpha value is -0.900. The lowest BCUT2D eigenvalue weighted by atomic mass is 10.1. The fraction of sp³-hybridized carbons (Fsp3) is 0.625. The molecule has 2 heterocycles. The second-order valence-electron chi connectivity index (χ2n) is 6.24. The lowest BCUT2D eigenvalue weighted by Crippen LogP contribution is -2.54. The van der Waals surface area contributed by atoms with E-state index in [4.69, 9.17) is 0 Å². The highest BCUT2D eigenvalue weighted by Crippen LogP contribution is 2.36. The van der Waals surface area contributed by atoms with E-state index in [-0.39, 0.29) is 6.10 Å². The third-order valence-electron chi connectivity index (χ3n) is 5.26. The first-order valence-electron chi connectivity index (χ1n) is 7.57. The summed E-state index contributed by atoms with van der Waals surface area (Å²) in [6.07, 6.45) is 3.42. The van der Waals surface area contributed by atoms with E-state index in [1.165, 1.54) is 31.5 Å². The molecule has 3 atom stereocenters. The SMILES string of the molecule is OC1c2ccccc2CC1N1CCN2CCCC2C1. The van der Waals surface area contributed by atoms with Crippen LogP contribution in [0.4, 0.5) is 0 Å². The van der Waals surface area contributed by atoms with Crippen molar-refractivity contribution in [1.82, 2.24) is 9.80 Å². The highest BCUT2D eigenvalue weighted by atomic mass is 16.3. The van der Waals surface area contributed by atoms with E-state index in [9.17, 15) is 5.11 Å². The molecule has 0 amide bonds. The zero-order chi connectivity index (χ0) is 12.8. The van der Waals surface area contributed by atoms with Gasteiger partial charge in [-0.25, -0.2) is 0 Å². The van der Waals surface area contributed by atoms with Gasteiger partial charge in [0.25, 0.3) is 0 Å². The van der Waals surface area contributed by atoms with E-state index >= 15 is 0 Å². The number of aliphatic hydroxyl groups is 1.